The first kappa shape index (κ1) is 28.2. The van der Waals surface area contributed by atoms with Crippen LogP contribution >= 0.6 is 47.0 Å². The lowest BCUT2D eigenvalue weighted by Gasteiger charge is -2.20. The van der Waals surface area contributed by atoms with Gasteiger partial charge in [-0.1, -0.05) is 77.6 Å². The molecule has 0 fully saturated rings. The van der Waals surface area contributed by atoms with Gasteiger partial charge in [0.25, 0.3) is 0 Å². The largest absolute Gasteiger partial charge is 0.125 e. The summed E-state index contributed by atoms with van der Waals surface area (Å²) >= 11 is 8.34. The summed E-state index contributed by atoms with van der Waals surface area (Å²) in [7, 11) is 0. The lowest BCUT2D eigenvalue weighted by Crippen LogP contribution is -1.94. The summed E-state index contributed by atoms with van der Waals surface area (Å²) in [6, 6.07) is 14.2. The fourth-order valence-corrected chi connectivity index (χ4v) is 9.16. The molecule has 0 aliphatic heterocycles. The van der Waals surface area contributed by atoms with Gasteiger partial charge in [-0.05, 0) is 71.6 Å². The maximum atomic E-state index is 2.40. The van der Waals surface area contributed by atoms with Crippen molar-refractivity contribution in [1.82, 2.24) is 0 Å². The summed E-state index contributed by atoms with van der Waals surface area (Å²) in [4.78, 5) is 6.02. The lowest BCUT2D eigenvalue weighted by atomic mass is 10.0. The van der Waals surface area contributed by atoms with E-state index in [1.807, 2.05) is 0 Å². The Labute approximate surface area is 225 Å². The van der Waals surface area contributed by atoms with Gasteiger partial charge in [0, 0.05) is 30.4 Å². The highest BCUT2D eigenvalue weighted by Gasteiger charge is 2.20. The highest BCUT2D eigenvalue weighted by molar-refractivity contribution is 8.01. The maximum Gasteiger partial charge on any atom is 0.0252 e. The number of hydrogen-bond donors (Lipinski definition) is 0. The molecular weight excluding hydrogens is 489 g/mol. The third-order valence-electron chi connectivity index (χ3n) is 6.00. The van der Waals surface area contributed by atoms with Gasteiger partial charge in [0.1, 0.15) is 0 Å². The number of thioether (sulfide) groups is 4. The Morgan fingerprint density at radius 3 is 1.26 bits per heavy atom. The third kappa shape index (κ3) is 7.31. The second-order valence-corrected chi connectivity index (χ2v) is 13.3. The Hall–Kier alpha value is -0.420. The molecule has 186 valence electrons. The van der Waals surface area contributed by atoms with Gasteiger partial charge in [0.15, 0.2) is 0 Å². The normalized spacial score (nSPS) is 11.6. The molecule has 0 heterocycles. The van der Waals surface area contributed by atoms with E-state index in [1.54, 1.807) is 0 Å². The Kier molecular flexibility index (Phi) is 13.0. The predicted octanol–water partition coefficient (Wildman–Crippen LogP) is 11.6. The smallest absolute Gasteiger partial charge is 0.0252 e. The molecule has 34 heavy (non-hydrogen) atoms. The molecule has 0 saturated carbocycles. The van der Waals surface area contributed by atoms with E-state index >= 15 is 0 Å². The summed E-state index contributed by atoms with van der Waals surface area (Å²) in [5, 5.41) is 6.01. The van der Waals surface area contributed by atoms with Gasteiger partial charge in [-0.15, -0.1) is 47.0 Å². The molecule has 0 bridgehead atoms. The topological polar surface area (TPSA) is 0 Å². The van der Waals surface area contributed by atoms with Crippen molar-refractivity contribution in [3.05, 3.63) is 36.4 Å². The van der Waals surface area contributed by atoms with Gasteiger partial charge in [0.2, 0.25) is 0 Å². The summed E-state index contributed by atoms with van der Waals surface area (Å²) < 4.78 is 0. The number of hydrogen-bond acceptors (Lipinski definition) is 4. The van der Waals surface area contributed by atoms with Crippen molar-refractivity contribution in [3.63, 3.8) is 0 Å². The van der Waals surface area contributed by atoms with Crippen LogP contribution in [0.25, 0.3) is 21.5 Å². The summed E-state index contributed by atoms with van der Waals surface area (Å²) in [6.45, 7) is 9.20. The van der Waals surface area contributed by atoms with Crippen molar-refractivity contribution in [2.45, 2.75) is 98.6 Å². The molecule has 0 saturated heterocycles. The van der Waals surface area contributed by atoms with Crippen LogP contribution in [0.2, 0.25) is 0 Å². The standard InChI is InChI=1S/C30H42S4/c1-5-9-19-31-25-17-13-15-23-27(25)30(34-22-12-8-4)28-24(29(23)33-21-11-7-3)16-14-18-26(28)32-20-10-6-2/h13-18H,5-12,19-22H2,1-4H3. The van der Waals surface area contributed by atoms with Crippen LogP contribution in [0.1, 0.15) is 79.1 Å². The van der Waals surface area contributed by atoms with E-state index < -0.39 is 0 Å². The van der Waals surface area contributed by atoms with Crippen LogP contribution in [0, 0.1) is 0 Å². The van der Waals surface area contributed by atoms with Gasteiger partial charge >= 0.3 is 0 Å². The quantitative estimate of drug-likeness (QED) is 0.102. The minimum atomic E-state index is 1.20. The maximum absolute atomic E-state index is 2.40. The first-order valence-electron chi connectivity index (χ1n) is 13.3. The van der Waals surface area contributed by atoms with Crippen molar-refractivity contribution in [2.24, 2.45) is 0 Å². The SMILES string of the molecule is CCCCSc1c2cccc(SCCCC)c2c(SCCCC)c2c(SCCCC)cccc12. The zero-order chi connectivity index (χ0) is 24.2. The van der Waals surface area contributed by atoms with E-state index in [0.717, 1.165) is 0 Å². The minimum Gasteiger partial charge on any atom is -0.125 e. The fraction of sp³-hybridized carbons (Fsp3) is 0.533. The molecule has 0 aliphatic rings. The number of unbranched alkanes of at least 4 members (excludes halogenated alkanes) is 4. The van der Waals surface area contributed by atoms with E-state index in [2.05, 4.69) is 111 Å². The van der Waals surface area contributed by atoms with Gasteiger partial charge in [-0.3, -0.25) is 0 Å². The fourth-order valence-electron chi connectivity index (χ4n) is 4.01. The molecule has 0 spiro atoms. The van der Waals surface area contributed by atoms with Gasteiger partial charge in [-0.25, -0.2) is 0 Å². The molecule has 3 aromatic carbocycles. The third-order valence-corrected chi connectivity index (χ3v) is 10.7. The predicted molar refractivity (Wildman–Crippen MR) is 164 cm³/mol. The zero-order valence-electron chi connectivity index (χ0n) is 21.6. The second kappa shape index (κ2) is 15.6. The highest BCUT2D eigenvalue weighted by Crippen LogP contribution is 2.49. The van der Waals surface area contributed by atoms with Crippen molar-refractivity contribution in [2.75, 3.05) is 23.0 Å². The van der Waals surface area contributed by atoms with Crippen molar-refractivity contribution < 1.29 is 0 Å². The molecule has 0 amide bonds. The van der Waals surface area contributed by atoms with E-state index in [1.165, 1.54) is 116 Å². The van der Waals surface area contributed by atoms with E-state index in [0.29, 0.717) is 0 Å². The summed E-state index contributed by atoms with van der Waals surface area (Å²) in [6.07, 6.45) is 10.1. The van der Waals surface area contributed by atoms with Crippen LogP contribution in [0.5, 0.6) is 0 Å². The summed E-state index contributed by atoms with van der Waals surface area (Å²) in [5.41, 5.74) is 0. The summed E-state index contributed by atoms with van der Waals surface area (Å²) in [5.74, 6) is 4.81. The number of benzene rings is 3. The van der Waals surface area contributed by atoms with Crippen LogP contribution in [0.3, 0.4) is 0 Å². The second-order valence-electron chi connectivity index (χ2n) is 8.82. The molecule has 4 heteroatoms. The van der Waals surface area contributed by atoms with Gasteiger partial charge < -0.3 is 0 Å². The molecular formula is C30H42S4. The van der Waals surface area contributed by atoms with Crippen molar-refractivity contribution in [1.29, 1.82) is 0 Å². The molecule has 0 nitrogen and oxygen atoms in total. The number of rotatable bonds is 16. The Balaban J connectivity index is 2.27. The Morgan fingerprint density at radius 2 is 0.853 bits per heavy atom. The Morgan fingerprint density at radius 1 is 0.471 bits per heavy atom. The van der Waals surface area contributed by atoms with Crippen LogP contribution in [-0.2, 0) is 0 Å². The average Bonchev–Trinajstić information content (AvgIpc) is 2.85. The number of fused-ring (bicyclic) bond motifs is 2. The minimum absolute atomic E-state index is 1.20. The molecule has 0 atom stereocenters. The average molecular weight is 531 g/mol. The highest BCUT2D eigenvalue weighted by atomic mass is 32.2. The Bertz CT molecular complexity index is 956. The van der Waals surface area contributed by atoms with Crippen LogP contribution in [-0.4, -0.2) is 23.0 Å². The van der Waals surface area contributed by atoms with E-state index in [9.17, 15) is 0 Å². The molecule has 0 unspecified atom stereocenters. The molecule has 0 aliphatic carbocycles. The van der Waals surface area contributed by atoms with Gasteiger partial charge in [0.05, 0.1) is 0 Å². The zero-order valence-corrected chi connectivity index (χ0v) is 24.8. The van der Waals surface area contributed by atoms with E-state index in [-0.39, 0.29) is 0 Å². The first-order chi connectivity index (χ1) is 16.8. The van der Waals surface area contributed by atoms with Crippen LogP contribution in [0.15, 0.2) is 56.0 Å². The van der Waals surface area contributed by atoms with E-state index in [4.69, 9.17) is 0 Å². The van der Waals surface area contributed by atoms with Crippen molar-refractivity contribution in [3.8, 4) is 0 Å². The van der Waals surface area contributed by atoms with Crippen LogP contribution in [0.4, 0.5) is 0 Å². The van der Waals surface area contributed by atoms with Crippen LogP contribution < -0.4 is 0 Å². The lowest BCUT2D eigenvalue weighted by molar-refractivity contribution is 0.895. The molecule has 0 N–H and O–H groups in total. The molecule has 0 radical (unpaired) electrons. The molecule has 3 aromatic rings. The molecule has 0 aromatic heterocycles. The molecule has 3 rings (SSSR count). The monoisotopic (exact) mass is 530 g/mol. The van der Waals surface area contributed by atoms with Gasteiger partial charge in [-0.2, -0.15) is 0 Å². The first-order valence-corrected chi connectivity index (χ1v) is 17.2. The van der Waals surface area contributed by atoms with Crippen molar-refractivity contribution >= 4 is 68.6 Å².